The molecular formula is C24H34O4. The van der Waals surface area contributed by atoms with Gasteiger partial charge in [-0.1, -0.05) is 26.0 Å². The van der Waals surface area contributed by atoms with E-state index < -0.39 is 0 Å². The van der Waals surface area contributed by atoms with Gasteiger partial charge in [-0.05, 0) is 84.7 Å². The first-order chi connectivity index (χ1) is 13.2. The Kier molecular flexibility index (Phi) is 4.85. The number of fused-ring (bicyclic) bond motifs is 5. The molecule has 1 N–H and O–H groups in total. The van der Waals surface area contributed by atoms with Crippen molar-refractivity contribution in [3.05, 3.63) is 23.8 Å². The van der Waals surface area contributed by atoms with Crippen molar-refractivity contribution < 1.29 is 19.4 Å². The number of carbonyl (C=O) groups excluding carboxylic acids is 2. The molecule has 3 saturated carbocycles. The lowest BCUT2D eigenvalue weighted by molar-refractivity contribution is -0.141. The van der Waals surface area contributed by atoms with E-state index in [4.69, 9.17) is 4.74 Å². The molecule has 7 atom stereocenters. The molecule has 3 fully saturated rings. The Morgan fingerprint density at radius 3 is 2.75 bits per heavy atom. The maximum absolute atomic E-state index is 12.0. The van der Waals surface area contributed by atoms with Crippen LogP contribution in [0.2, 0.25) is 0 Å². The van der Waals surface area contributed by atoms with E-state index in [-0.39, 0.29) is 34.6 Å². The van der Waals surface area contributed by atoms with Gasteiger partial charge in [-0.15, -0.1) is 0 Å². The Morgan fingerprint density at radius 2 is 2.04 bits per heavy atom. The first-order valence-electron chi connectivity index (χ1n) is 10.9. The van der Waals surface area contributed by atoms with Gasteiger partial charge in [-0.2, -0.15) is 0 Å². The zero-order valence-electron chi connectivity index (χ0n) is 17.5. The van der Waals surface area contributed by atoms with E-state index in [9.17, 15) is 14.7 Å². The maximum Gasteiger partial charge on any atom is 0.302 e. The molecule has 28 heavy (non-hydrogen) atoms. The number of hydrogen-bond acceptors (Lipinski definition) is 4. The molecule has 0 unspecified atom stereocenters. The van der Waals surface area contributed by atoms with Gasteiger partial charge < -0.3 is 9.84 Å². The van der Waals surface area contributed by atoms with Gasteiger partial charge >= 0.3 is 5.97 Å². The Morgan fingerprint density at radius 1 is 1.29 bits per heavy atom. The molecule has 0 aromatic heterocycles. The van der Waals surface area contributed by atoms with Crippen LogP contribution in [0.1, 0.15) is 65.7 Å². The van der Waals surface area contributed by atoms with Gasteiger partial charge in [0.05, 0.1) is 6.10 Å². The summed E-state index contributed by atoms with van der Waals surface area (Å²) in [5.74, 6) is 1.59. The van der Waals surface area contributed by atoms with Crippen molar-refractivity contribution in [1.82, 2.24) is 0 Å². The van der Waals surface area contributed by atoms with E-state index in [0.29, 0.717) is 30.8 Å². The van der Waals surface area contributed by atoms with Crippen molar-refractivity contribution in [1.29, 1.82) is 0 Å². The van der Waals surface area contributed by atoms with Crippen LogP contribution in [-0.2, 0) is 14.3 Å². The Bertz CT molecular complexity index is 737. The van der Waals surface area contributed by atoms with Crippen molar-refractivity contribution in [2.24, 2.45) is 34.5 Å². The number of ether oxygens (including phenoxy) is 1. The normalized spacial score (nSPS) is 44.8. The Balaban J connectivity index is 1.61. The van der Waals surface area contributed by atoms with Gasteiger partial charge in [0.15, 0.2) is 5.78 Å². The summed E-state index contributed by atoms with van der Waals surface area (Å²) in [6.07, 6.45) is 8.08. The van der Waals surface area contributed by atoms with Gasteiger partial charge in [0.2, 0.25) is 0 Å². The third-order valence-electron chi connectivity index (χ3n) is 8.85. The average molecular weight is 387 g/mol. The highest BCUT2D eigenvalue weighted by Crippen LogP contribution is 2.67. The zero-order valence-corrected chi connectivity index (χ0v) is 17.5. The van der Waals surface area contributed by atoms with Crippen LogP contribution >= 0.6 is 0 Å². The summed E-state index contributed by atoms with van der Waals surface area (Å²) in [6.45, 7) is 10.6. The standard InChI is InChI=1S/C24H34O4/c1-14(13-28-15(2)25)19-7-8-20-18-6-5-16-11-17(26)9-10-23(16,3)22(18)21(27)12-24(19,20)4/h11,18-22,27H,1,5-10,12-13H2,2-4H3/t18-,19+,20-,21-,22+,23-,24+/m0/s1. The lowest BCUT2D eigenvalue weighted by Crippen LogP contribution is -2.56. The maximum atomic E-state index is 12.0. The van der Waals surface area contributed by atoms with Crippen molar-refractivity contribution in [3.8, 4) is 0 Å². The minimum atomic E-state index is -0.352. The van der Waals surface area contributed by atoms with Crippen molar-refractivity contribution in [2.45, 2.75) is 71.8 Å². The molecule has 0 spiro atoms. The summed E-state index contributed by atoms with van der Waals surface area (Å²) < 4.78 is 5.23. The van der Waals surface area contributed by atoms with Crippen LogP contribution in [0.3, 0.4) is 0 Å². The molecule has 4 heteroatoms. The molecule has 0 amide bonds. The molecule has 4 rings (SSSR count). The molecule has 0 aromatic rings. The fourth-order valence-corrected chi connectivity index (χ4v) is 7.65. The summed E-state index contributed by atoms with van der Waals surface area (Å²) in [7, 11) is 0. The number of aliphatic hydroxyl groups excluding tert-OH is 1. The number of hydrogen-bond donors (Lipinski definition) is 1. The fraction of sp³-hybridized carbons (Fsp3) is 0.750. The van der Waals surface area contributed by atoms with Crippen LogP contribution in [0.4, 0.5) is 0 Å². The monoisotopic (exact) mass is 386 g/mol. The van der Waals surface area contributed by atoms with E-state index in [1.165, 1.54) is 12.5 Å². The van der Waals surface area contributed by atoms with E-state index in [0.717, 1.165) is 44.1 Å². The summed E-state index contributed by atoms with van der Waals surface area (Å²) in [5.41, 5.74) is 2.25. The van der Waals surface area contributed by atoms with E-state index >= 15 is 0 Å². The number of esters is 1. The van der Waals surface area contributed by atoms with E-state index in [1.807, 2.05) is 6.08 Å². The van der Waals surface area contributed by atoms with Gasteiger partial charge in [-0.25, -0.2) is 0 Å². The smallest absolute Gasteiger partial charge is 0.302 e. The summed E-state index contributed by atoms with van der Waals surface area (Å²) in [6, 6.07) is 0. The average Bonchev–Trinajstić information content (AvgIpc) is 2.96. The molecule has 0 bridgehead atoms. The van der Waals surface area contributed by atoms with Crippen molar-refractivity contribution in [3.63, 3.8) is 0 Å². The molecule has 0 radical (unpaired) electrons. The van der Waals surface area contributed by atoms with Crippen molar-refractivity contribution in [2.75, 3.05) is 6.61 Å². The number of rotatable bonds is 3. The van der Waals surface area contributed by atoms with Crippen LogP contribution in [-0.4, -0.2) is 29.6 Å². The molecule has 0 heterocycles. The lowest BCUT2D eigenvalue weighted by atomic mass is 9.46. The first-order valence-corrected chi connectivity index (χ1v) is 10.9. The molecule has 0 saturated heterocycles. The van der Waals surface area contributed by atoms with Crippen LogP contribution in [0.5, 0.6) is 0 Å². The fourth-order valence-electron chi connectivity index (χ4n) is 7.65. The molecular weight excluding hydrogens is 352 g/mol. The zero-order chi connectivity index (χ0) is 20.3. The van der Waals surface area contributed by atoms with Gasteiger partial charge in [0, 0.05) is 13.3 Å². The highest BCUT2D eigenvalue weighted by Gasteiger charge is 2.62. The third-order valence-corrected chi connectivity index (χ3v) is 8.85. The molecule has 154 valence electrons. The Labute approximate surface area is 168 Å². The molecule has 0 aromatic carbocycles. The summed E-state index contributed by atoms with van der Waals surface area (Å²) in [5, 5.41) is 11.4. The molecule has 4 nitrogen and oxygen atoms in total. The second-order valence-electron chi connectivity index (χ2n) is 10.2. The minimum Gasteiger partial charge on any atom is -0.461 e. The van der Waals surface area contributed by atoms with Crippen molar-refractivity contribution >= 4 is 11.8 Å². The summed E-state index contributed by atoms with van der Waals surface area (Å²) >= 11 is 0. The number of aliphatic hydroxyl groups is 1. The predicted octanol–water partition coefficient (Wildman–Crippen LogP) is 4.22. The number of carbonyl (C=O) groups is 2. The minimum absolute atomic E-state index is 0.0138. The van der Waals surface area contributed by atoms with Gasteiger partial charge in [0.25, 0.3) is 0 Å². The molecule has 0 aliphatic heterocycles. The topological polar surface area (TPSA) is 63.6 Å². The number of allylic oxidation sites excluding steroid dienone is 1. The van der Waals surface area contributed by atoms with E-state index in [2.05, 4.69) is 20.4 Å². The van der Waals surface area contributed by atoms with Gasteiger partial charge in [-0.3, -0.25) is 9.59 Å². The molecule has 4 aliphatic rings. The van der Waals surface area contributed by atoms with Crippen LogP contribution in [0.15, 0.2) is 23.8 Å². The third kappa shape index (κ3) is 2.91. The quantitative estimate of drug-likeness (QED) is 0.582. The van der Waals surface area contributed by atoms with Crippen LogP contribution < -0.4 is 0 Å². The van der Waals surface area contributed by atoms with Gasteiger partial charge in [0.1, 0.15) is 6.61 Å². The first kappa shape index (κ1) is 19.9. The number of ketones is 1. The predicted molar refractivity (Wildman–Crippen MR) is 107 cm³/mol. The lowest BCUT2D eigenvalue weighted by Gasteiger charge is -2.60. The largest absolute Gasteiger partial charge is 0.461 e. The highest BCUT2D eigenvalue weighted by molar-refractivity contribution is 5.91. The van der Waals surface area contributed by atoms with Crippen LogP contribution in [0, 0.1) is 34.5 Å². The Hall–Kier alpha value is -1.42. The highest BCUT2D eigenvalue weighted by atomic mass is 16.5. The second-order valence-corrected chi connectivity index (χ2v) is 10.2. The molecule has 4 aliphatic carbocycles. The SMILES string of the molecule is C=C(COC(C)=O)[C@H]1CC[C@H]2[C@@H]3CCC4=CC(=O)CC[C@]4(C)[C@H]3[C@@H](O)C[C@]12C. The second kappa shape index (κ2) is 6.83. The van der Waals surface area contributed by atoms with E-state index in [1.54, 1.807) is 0 Å². The van der Waals surface area contributed by atoms with Crippen LogP contribution in [0.25, 0.3) is 0 Å². The summed E-state index contributed by atoms with van der Waals surface area (Å²) in [4.78, 5) is 23.2.